The smallest absolute Gasteiger partial charge is 0.00923 e. The zero-order valence-electron chi connectivity index (χ0n) is 12.0. The van der Waals surface area contributed by atoms with Gasteiger partial charge in [-0.05, 0) is 79.5 Å². The maximum absolute atomic E-state index is 3.45. The molecule has 5 rings (SSSR count). The monoisotopic (exact) mass is 277 g/mol. The number of fused-ring (bicyclic) bond motifs is 5. The van der Waals surface area contributed by atoms with E-state index in [4.69, 9.17) is 0 Å². The van der Waals surface area contributed by atoms with Crippen LogP contribution in [0, 0.1) is 6.07 Å². The van der Waals surface area contributed by atoms with Crippen molar-refractivity contribution in [1.82, 2.24) is 0 Å². The van der Waals surface area contributed by atoms with Crippen molar-refractivity contribution in [2.75, 3.05) is 0 Å². The maximum Gasteiger partial charge on any atom is -0.00923 e. The molecule has 0 heterocycles. The molecule has 22 heavy (non-hydrogen) atoms. The predicted molar refractivity (Wildman–Crippen MR) is 95.3 cm³/mol. The normalized spacial score (nSPS) is 11.6. The molecule has 0 atom stereocenters. The van der Waals surface area contributed by atoms with Gasteiger partial charge in [-0.3, -0.25) is 0 Å². The fourth-order valence-electron chi connectivity index (χ4n) is 3.35. The van der Waals surface area contributed by atoms with E-state index < -0.39 is 0 Å². The Morgan fingerprint density at radius 2 is 1.05 bits per heavy atom. The van der Waals surface area contributed by atoms with Crippen LogP contribution in [0.15, 0.2) is 78.9 Å². The van der Waals surface area contributed by atoms with Gasteiger partial charge in [0, 0.05) is 0 Å². The van der Waals surface area contributed by atoms with Crippen LogP contribution in [0.5, 0.6) is 0 Å². The lowest BCUT2D eigenvalue weighted by atomic mass is 9.96. The SMILES string of the molecule is [c]1cc2cc3ccccc3cc2c2cc3ccccc3cc12. The Morgan fingerprint density at radius 3 is 1.73 bits per heavy atom. The molecule has 0 heteroatoms. The first-order valence-corrected chi connectivity index (χ1v) is 7.54. The zero-order chi connectivity index (χ0) is 14.5. The summed E-state index contributed by atoms with van der Waals surface area (Å²) < 4.78 is 0. The Kier molecular flexibility index (Phi) is 2.31. The van der Waals surface area contributed by atoms with Crippen LogP contribution in [0.3, 0.4) is 0 Å². The molecule has 0 unspecified atom stereocenters. The molecule has 0 saturated carbocycles. The molecule has 0 bridgehead atoms. The summed E-state index contributed by atoms with van der Waals surface area (Å²) in [4.78, 5) is 0. The van der Waals surface area contributed by atoms with Crippen LogP contribution in [-0.2, 0) is 0 Å². The summed E-state index contributed by atoms with van der Waals surface area (Å²) in [5.41, 5.74) is 0. The maximum atomic E-state index is 3.45. The fraction of sp³-hybridized carbons (Fsp3) is 0. The van der Waals surface area contributed by atoms with Crippen LogP contribution in [0.25, 0.3) is 43.1 Å². The van der Waals surface area contributed by atoms with Gasteiger partial charge in [0.1, 0.15) is 0 Å². The van der Waals surface area contributed by atoms with Crippen molar-refractivity contribution in [2.45, 2.75) is 0 Å². The highest BCUT2D eigenvalue weighted by molar-refractivity contribution is 6.14. The molecule has 0 saturated heterocycles. The predicted octanol–water partition coefficient (Wildman–Crippen LogP) is 6.10. The Morgan fingerprint density at radius 1 is 0.500 bits per heavy atom. The first-order chi connectivity index (χ1) is 10.9. The highest BCUT2D eigenvalue weighted by Crippen LogP contribution is 2.31. The first-order valence-electron chi connectivity index (χ1n) is 7.54. The van der Waals surface area contributed by atoms with Gasteiger partial charge >= 0.3 is 0 Å². The van der Waals surface area contributed by atoms with Crippen molar-refractivity contribution in [3.63, 3.8) is 0 Å². The molecule has 101 valence electrons. The van der Waals surface area contributed by atoms with Crippen LogP contribution in [-0.4, -0.2) is 0 Å². The molecule has 0 aliphatic rings. The van der Waals surface area contributed by atoms with Crippen LogP contribution in [0.2, 0.25) is 0 Å². The second-order valence-electron chi connectivity index (χ2n) is 5.82. The molecule has 0 aliphatic carbocycles. The molecular formula is C22H13. The van der Waals surface area contributed by atoms with E-state index in [-0.39, 0.29) is 0 Å². The summed E-state index contributed by atoms with van der Waals surface area (Å²) in [6, 6.07) is 31.7. The molecule has 0 N–H and O–H groups in total. The van der Waals surface area contributed by atoms with E-state index in [1.165, 1.54) is 43.1 Å². The minimum atomic E-state index is 1.18. The van der Waals surface area contributed by atoms with Crippen molar-refractivity contribution in [2.24, 2.45) is 0 Å². The largest absolute Gasteiger partial charge is 0.0616 e. The molecule has 5 aromatic carbocycles. The van der Waals surface area contributed by atoms with E-state index in [9.17, 15) is 0 Å². The van der Waals surface area contributed by atoms with Crippen LogP contribution >= 0.6 is 0 Å². The lowest BCUT2D eigenvalue weighted by molar-refractivity contribution is 1.77. The third-order valence-corrected chi connectivity index (χ3v) is 4.48. The van der Waals surface area contributed by atoms with E-state index >= 15 is 0 Å². The van der Waals surface area contributed by atoms with Gasteiger partial charge in [0.15, 0.2) is 0 Å². The summed E-state index contributed by atoms with van der Waals surface area (Å²) >= 11 is 0. The van der Waals surface area contributed by atoms with Crippen molar-refractivity contribution in [3.8, 4) is 0 Å². The summed E-state index contributed by atoms with van der Waals surface area (Å²) in [6.07, 6.45) is 0. The number of hydrogen-bond acceptors (Lipinski definition) is 0. The fourth-order valence-corrected chi connectivity index (χ4v) is 3.35. The highest BCUT2D eigenvalue weighted by Gasteiger charge is 2.04. The molecule has 0 amide bonds. The van der Waals surface area contributed by atoms with Gasteiger partial charge in [-0.25, -0.2) is 0 Å². The average Bonchev–Trinajstić information content (AvgIpc) is 2.58. The highest BCUT2D eigenvalue weighted by atomic mass is 14.1. The summed E-state index contributed by atoms with van der Waals surface area (Å²) in [5.74, 6) is 0. The molecule has 1 radical (unpaired) electrons. The van der Waals surface area contributed by atoms with E-state index in [0.717, 1.165) is 0 Å². The summed E-state index contributed by atoms with van der Waals surface area (Å²) in [6.45, 7) is 0. The third kappa shape index (κ3) is 1.64. The van der Waals surface area contributed by atoms with Crippen molar-refractivity contribution < 1.29 is 0 Å². The summed E-state index contributed by atoms with van der Waals surface area (Å²) in [7, 11) is 0. The molecule has 0 aliphatic heterocycles. The zero-order valence-corrected chi connectivity index (χ0v) is 12.0. The van der Waals surface area contributed by atoms with Crippen LogP contribution in [0.4, 0.5) is 0 Å². The van der Waals surface area contributed by atoms with Crippen molar-refractivity contribution >= 4 is 43.1 Å². The number of rotatable bonds is 0. The Labute approximate surface area is 128 Å². The van der Waals surface area contributed by atoms with Gasteiger partial charge in [-0.1, -0.05) is 48.5 Å². The van der Waals surface area contributed by atoms with Gasteiger partial charge < -0.3 is 0 Å². The van der Waals surface area contributed by atoms with Crippen LogP contribution in [0.1, 0.15) is 0 Å². The molecule has 5 aromatic rings. The number of hydrogen-bond donors (Lipinski definition) is 0. The Bertz CT molecular complexity index is 1070. The lowest BCUT2D eigenvalue weighted by Crippen LogP contribution is -1.81. The third-order valence-electron chi connectivity index (χ3n) is 4.48. The van der Waals surface area contributed by atoms with Crippen molar-refractivity contribution in [1.29, 1.82) is 0 Å². The van der Waals surface area contributed by atoms with Crippen LogP contribution < -0.4 is 0 Å². The van der Waals surface area contributed by atoms with Gasteiger partial charge in [0.2, 0.25) is 0 Å². The molecule has 0 spiro atoms. The minimum absolute atomic E-state index is 1.18. The molecule has 0 fully saturated rings. The van der Waals surface area contributed by atoms with Gasteiger partial charge in [-0.2, -0.15) is 0 Å². The van der Waals surface area contributed by atoms with E-state index in [1.54, 1.807) is 0 Å². The quantitative estimate of drug-likeness (QED) is 0.237. The molecular weight excluding hydrogens is 264 g/mol. The summed E-state index contributed by atoms with van der Waals surface area (Å²) in [5, 5.41) is 10.1. The second-order valence-corrected chi connectivity index (χ2v) is 5.82. The Hall–Kier alpha value is -2.86. The second kappa shape index (κ2) is 4.32. The van der Waals surface area contributed by atoms with Gasteiger partial charge in [0.05, 0.1) is 0 Å². The van der Waals surface area contributed by atoms with E-state index in [2.05, 4.69) is 84.9 Å². The Balaban J connectivity index is 2.00. The number of benzene rings is 5. The minimum Gasteiger partial charge on any atom is -0.0616 e. The molecule has 0 nitrogen and oxygen atoms in total. The first kappa shape index (κ1) is 11.8. The topological polar surface area (TPSA) is 0 Å². The lowest BCUT2D eigenvalue weighted by Gasteiger charge is -2.08. The van der Waals surface area contributed by atoms with Gasteiger partial charge in [0.25, 0.3) is 0 Å². The van der Waals surface area contributed by atoms with Gasteiger partial charge in [-0.15, -0.1) is 0 Å². The molecule has 0 aromatic heterocycles. The van der Waals surface area contributed by atoms with E-state index in [1.807, 2.05) is 0 Å². The van der Waals surface area contributed by atoms with E-state index in [0.29, 0.717) is 0 Å². The van der Waals surface area contributed by atoms with Crippen molar-refractivity contribution in [3.05, 3.63) is 84.9 Å². The standard InChI is InChI=1S/C22H13/c1-3-7-17-13-21-19(11-15(17)5-1)9-10-20-12-16-6-2-4-8-18(16)14-22(20)21/h1-9,11-14H. The average molecular weight is 277 g/mol.